The number of rotatable bonds is 3. The molecule has 0 amide bonds. The number of ether oxygens (including phenoxy) is 1. The third-order valence-electron chi connectivity index (χ3n) is 2.99. The lowest BCUT2D eigenvalue weighted by Gasteiger charge is -2.19. The standard InChI is InChI=1S/C12H15N3O2/c1-13-5-6-15-7-8-16-9-3-2-4-10-11(9)12(15)14-17-10/h2-4,13H,5-8H2,1H3. The fourth-order valence-corrected chi connectivity index (χ4v) is 2.12. The smallest absolute Gasteiger partial charge is 0.183 e. The van der Waals surface area contributed by atoms with Crippen LogP contribution in [0.4, 0.5) is 5.82 Å². The highest BCUT2D eigenvalue weighted by molar-refractivity contribution is 5.94. The molecule has 2 heterocycles. The van der Waals surface area contributed by atoms with Gasteiger partial charge in [0.25, 0.3) is 0 Å². The van der Waals surface area contributed by atoms with Gasteiger partial charge >= 0.3 is 0 Å². The third-order valence-corrected chi connectivity index (χ3v) is 2.99. The molecule has 0 atom stereocenters. The summed E-state index contributed by atoms with van der Waals surface area (Å²) in [6, 6.07) is 5.81. The highest BCUT2D eigenvalue weighted by Crippen LogP contribution is 2.35. The number of likely N-dealkylation sites (N-methyl/N-ethyl adjacent to an activating group) is 1. The van der Waals surface area contributed by atoms with E-state index in [9.17, 15) is 0 Å². The van der Waals surface area contributed by atoms with E-state index < -0.39 is 0 Å². The van der Waals surface area contributed by atoms with Crippen LogP contribution in [0.15, 0.2) is 22.7 Å². The van der Waals surface area contributed by atoms with Gasteiger partial charge in [-0.2, -0.15) is 0 Å². The van der Waals surface area contributed by atoms with Gasteiger partial charge in [0.15, 0.2) is 11.4 Å². The van der Waals surface area contributed by atoms with Crippen molar-refractivity contribution >= 4 is 16.8 Å². The van der Waals surface area contributed by atoms with Crippen molar-refractivity contribution in [1.29, 1.82) is 0 Å². The monoisotopic (exact) mass is 233 g/mol. The number of hydrogen-bond acceptors (Lipinski definition) is 5. The first kappa shape index (κ1) is 10.4. The van der Waals surface area contributed by atoms with Crippen molar-refractivity contribution < 1.29 is 9.26 Å². The summed E-state index contributed by atoms with van der Waals surface area (Å²) in [4.78, 5) is 2.19. The average Bonchev–Trinajstić information content (AvgIpc) is 2.69. The summed E-state index contributed by atoms with van der Waals surface area (Å²) in [6.07, 6.45) is 0. The largest absolute Gasteiger partial charge is 0.491 e. The molecule has 2 aromatic rings. The number of anilines is 1. The highest BCUT2D eigenvalue weighted by atomic mass is 16.5. The van der Waals surface area contributed by atoms with Crippen LogP contribution in [0.5, 0.6) is 5.75 Å². The van der Waals surface area contributed by atoms with Crippen molar-refractivity contribution in [2.75, 3.05) is 38.2 Å². The molecule has 0 saturated carbocycles. The summed E-state index contributed by atoms with van der Waals surface area (Å²) in [5.41, 5.74) is 0.786. The molecule has 3 rings (SSSR count). The molecule has 1 aliphatic rings. The lowest BCUT2D eigenvalue weighted by molar-refractivity contribution is 0.329. The van der Waals surface area contributed by atoms with Gasteiger partial charge in [0, 0.05) is 13.1 Å². The molecule has 0 spiro atoms. The molecule has 5 nitrogen and oxygen atoms in total. The normalized spacial score (nSPS) is 14.8. The molecule has 0 aliphatic carbocycles. The first-order valence-corrected chi connectivity index (χ1v) is 5.81. The van der Waals surface area contributed by atoms with Gasteiger partial charge in [-0.1, -0.05) is 11.2 Å². The molecule has 1 aliphatic heterocycles. The maximum Gasteiger partial charge on any atom is 0.183 e. The van der Waals surface area contributed by atoms with Crippen LogP contribution in [0, 0.1) is 0 Å². The maximum atomic E-state index is 5.73. The Bertz CT molecular complexity index is 523. The topological polar surface area (TPSA) is 50.5 Å². The van der Waals surface area contributed by atoms with Gasteiger partial charge in [-0.25, -0.2) is 0 Å². The van der Waals surface area contributed by atoms with Crippen LogP contribution in [0.1, 0.15) is 0 Å². The molecule has 0 radical (unpaired) electrons. The number of nitrogens with zero attached hydrogens (tertiary/aromatic N) is 2. The zero-order valence-electron chi connectivity index (χ0n) is 9.77. The molecule has 90 valence electrons. The van der Waals surface area contributed by atoms with E-state index in [1.165, 1.54) is 0 Å². The molecule has 0 fully saturated rings. The van der Waals surface area contributed by atoms with Gasteiger partial charge < -0.3 is 19.5 Å². The number of nitrogens with one attached hydrogen (secondary N) is 1. The molecule has 17 heavy (non-hydrogen) atoms. The molecule has 5 heteroatoms. The van der Waals surface area contributed by atoms with Crippen molar-refractivity contribution in [1.82, 2.24) is 10.5 Å². The van der Waals surface area contributed by atoms with E-state index in [-0.39, 0.29) is 0 Å². The quantitative estimate of drug-likeness (QED) is 0.864. The SMILES string of the molecule is CNCCN1CCOc2cccc3onc1c23. The molecule has 1 N–H and O–H groups in total. The lowest BCUT2D eigenvalue weighted by Crippen LogP contribution is -2.33. The van der Waals surface area contributed by atoms with Crippen LogP contribution >= 0.6 is 0 Å². The van der Waals surface area contributed by atoms with Crippen molar-refractivity contribution in [3.63, 3.8) is 0 Å². The van der Waals surface area contributed by atoms with Gasteiger partial charge in [-0.15, -0.1) is 0 Å². The fourth-order valence-electron chi connectivity index (χ4n) is 2.12. The van der Waals surface area contributed by atoms with Gasteiger partial charge in [0.1, 0.15) is 17.7 Å². The Morgan fingerprint density at radius 2 is 2.41 bits per heavy atom. The predicted molar refractivity (Wildman–Crippen MR) is 65.6 cm³/mol. The van der Waals surface area contributed by atoms with Gasteiger partial charge in [0.05, 0.1) is 6.54 Å². The van der Waals surface area contributed by atoms with Crippen LogP contribution in [0.3, 0.4) is 0 Å². The summed E-state index contributed by atoms with van der Waals surface area (Å²) in [5, 5.41) is 8.29. The minimum absolute atomic E-state index is 0.680. The molecule has 1 aromatic carbocycles. The van der Waals surface area contributed by atoms with Crippen molar-refractivity contribution in [2.45, 2.75) is 0 Å². The highest BCUT2D eigenvalue weighted by Gasteiger charge is 2.21. The second-order valence-electron chi connectivity index (χ2n) is 4.07. The zero-order valence-corrected chi connectivity index (χ0v) is 9.77. The van der Waals surface area contributed by atoms with E-state index in [0.29, 0.717) is 6.61 Å². The van der Waals surface area contributed by atoms with E-state index in [1.54, 1.807) is 0 Å². The Kier molecular flexibility index (Phi) is 2.60. The molecule has 1 aromatic heterocycles. The van der Waals surface area contributed by atoms with E-state index in [4.69, 9.17) is 9.26 Å². The molecule has 0 bridgehead atoms. The number of aromatic nitrogens is 1. The number of benzene rings is 1. The minimum atomic E-state index is 0.680. The maximum absolute atomic E-state index is 5.73. The summed E-state index contributed by atoms with van der Waals surface area (Å²) in [7, 11) is 1.95. The second kappa shape index (κ2) is 4.25. The number of hydrogen-bond donors (Lipinski definition) is 1. The van der Waals surface area contributed by atoms with Crippen molar-refractivity contribution in [3.8, 4) is 5.75 Å². The van der Waals surface area contributed by atoms with Gasteiger partial charge in [-0.05, 0) is 19.2 Å². The van der Waals surface area contributed by atoms with Crippen LogP contribution in [-0.4, -0.2) is 38.4 Å². The second-order valence-corrected chi connectivity index (χ2v) is 4.07. The van der Waals surface area contributed by atoms with Crippen LogP contribution in [0.2, 0.25) is 0 Å². The van der Waals surface area contributed by atoms with Gasteiger partial charge in [0.2, 0.25) is 0 Å². The third kappa shape index (κ3) is 1.72. The van der Waals surface area contributed by atoms with Crippen molar-refractivity contribution in [2.24, 2.45) is 0 Å². The summed E-state index contributed by atoms with van der Waals surface area (Å²) < 4.78 is 11.1. The Labute approximate surface area is 99.3 Å². The Morgan fingerprint density at radius 3 is 3.29 bits per heavy atom. The Balaban J connectivity index is 2.05. The van der Waals surface area contributed by atoms with Crippen LogP contribution in [-0.2, 0) is 0 Å². The van der Waals surface area contributed by atoms with E-state index in [1.807, 2.05) is 25.2 Å². The molecule has 0 unspecified atom stereocenters. The van der Waals surface area contributed by atoms with Crippen molar-refractivity contribution in [3.05, 3.63) is 18.2 Å². The predicted octanol–water partition coefficient (Wildman–Crippen LogP) is 1.25. The lowest BCUT2D eigenvalue weighted by atomic mass is 10.2. The summed E-state index contributed by atoms with van der Waals surface area (Å²) in [6.45, 7) is 3.32. The van der Waals surface area contributed by atoms with E-state index in [2.05, 4.69) is 15.4 Å². The van der Waals surface area contributed by atoms with Crippen LogP contribution in [0.25, 0.3) is 11.0 Å². The molecule has 0 saturated heterocycles. The molecular formula is C12H15N3O2. The summed E-state index contributed by atoms with van der Waals surface area (Å²) in [5.74, 6) is 1.76. The summed E-state index contributed by atoms with van der Waals surface area (Å²) >= 11 is 0. The molecular weight excluding hydrogens is 218 g/mol. The first-order valence-electron chi connectivity index (χ1n) is 5.81. The Hall–Kier alpha value is -1.75. The average molecular weight is 233 g/mol. The van der Waals surface area contributed by atoms with E-state index in [0.717, 1.165) is 42.2 Å². The van der Waals surface area contributed by atoms with E-state index >= 15 is 0 Å². The first-order chi connectivity index (χ1) is 8.40. The Morgan fingerprint density at radius 1 is 1.47 bits per heavy atom. The van der Waals surface area contributed by atoms with Gasteiger partial charge in [-0.3, -0.25) is 0 Å². The fraction of sp³-hybridized carbons (Fsp3) is 0.417. The minimum Gasteiger partial charge on any atom is -0.491 e. The van der Waals surface area contributed by atoms with Crippen LogP contribution < -0.4 is 15.0 Å². The zero-order chi connectivity index (χ0) is 11.7.